The van der Waals surface area contributed by atoms with Crippen molar-refractivity contribution in [2.75, 3.05) is 25.5 Å². The maximum Gasteiger partial charge on any atom is 0.291 e. The molecule has 0 aliphatic carbocycles. The smallest absolute Gasteiger partial charge is 0.291 e. The summed E-state index contributed by atoms with van der Waals surface area (Å²) in [6.07, 6.45) is 1.42. The van der Waals surface area contributed by atoms with Gasteiger partial charge in [-0.25, -0.2) is 8.42 Å². The summed E-state index contributed by atoms with van der Waals surface area (Å²) in [5.41, 5.74) is 0.944. The minimum absolute atomic E-state index is 0.0865. The van der Waals surface area contributed by atoms with Crippen LogP contribution in [0.1, 0.15) is 30.0 Å². The number of anilines is 1. The molecule has 8 heteroatoms. The van der Waals surface area contributed by atoms with Crippen molar-refractivity contribution < 1.29 is 22.4 Å². The van der Waals surface area contributed by atoms with Crippen molar-refractivity contribution in [2.45, 2.75) is 25.7 Å². The molecule has 0 saturated carbocycles. The van der Waals surface area contributed by atoms with Gasteiger partial charge in [0.2, 0.25) is 10.0 Å². The molecule has 7 nitrogen and oxygen atoms in total. The fourth-order valence-corrected chi connectivity index (χ4v) is 3.93. The lowest BCUT2D eigenvalue weighted by Gasteiger charge is -2.19. The molecule has 1 N–H and O–H groups in total. The Morgan fingerprint density at radius 2 is 1.92 bits per heavy atom. The predicted octanol–water partition coefficient (Wildman–Crippen LogP) is 2.88. The van der Waals surface area contributed by atoms with E-state index < -0.39 is 15.9 Å². The summed E-state index contributed by atoms with van der Waals surface area (Å²) in [4.78, 5) is 12.4. The van der Waals surface area contributed by atoms with Crippen molar-refractivity contribution >= 4 is 21.6 Å². The number of rotatable bonds is 7. The van der Waals surface area contributed by atoms with Gasteiger partial charge in [0.15, 0.2) is 5.76 Å². The van der Waals surface area contributed by atoms with E-state index in [1.54, 1.807) is 26.8 Å². The maximum absolute atomic E-state index is 12.7. The monoisotopic (exact) mass is 366 g/mol. The zero-order chi connectivity index (χ0) is 18.6. The lowest BCUT2D eigenvalue weighted by atomic mass is 10.2. The number of benzene rings is 1. The van der Waals surface area contributed by atoms with E-state index in [1.165, 1.54) is 35.9 Å². The van der Waals surface area contributed by atoms with Gasteiger partial charge < -0.3 is 14.5 Å². The molecule has 0 saturated heterocycles. The number of nitrogens with zero attached hydrogens (tertiary/aromatic N) is 1. The summed E-state index contributed by atoms with van der Waals surface area (Å²) < 4.78 is 37.1. The third-order valence-electron chi connectivity index (χ3n) is 3.83. The molecule has 0 radical (unpaired) electrons. The van der Waals surface area contributed by atoms with Crippen molar-refractivity contribution in [1.29, 1.82) is 0 Å². The van der Waals surface area contributed by atoms with Crippen molar-refractivity contribution in [3.63, 3.8) is 0 Å². The van der Waals surface area contributed by atoms with Crippen molar-refractivity contribution in [1.82, 2.24) is 4.31 Å². The number of carbonyl (C=O) groups is 1. The molecule has 2 aromatic rings. The number of nitrogens with one attached hydrogen (secondary N) is 1. The quantitative estimate of drug-likeness (QED) is 0.814. The molecule has 0 aliphatic rings. The number of ether oxygens (including phenoxy) is 1. The second kappa shape index (κ2) is 7.71. The Morgan fingerprint density at radius 3 is 2.44 bits per heavy atom. The SMILES string of the molecule is CCN(CC)S(=O)(=O)c1ccc(OC)c(NC(=O)c2occc2C)c1. The van der Waals surface area contributed by atoms with Crippen LogP contribution in [0.25, 0.3) is 0 Å². The fourth-order valence-electron chi connectivity index (χ4n) is 2.44. The second-order valence-corrected chi connectivity index (χ2v) is 7.28. The van der Waals surface area contributed by atoms with E-state index in [4.69, 9.17) is 9.15 Å². The first-order chi connectivity index (χ1) is 11.8. The summed E-state index contributed by atoms with van der Waals surface area (Å²) >= 11 is 0. The molecule has 25 heavy (non-hydrogen) atoms. The van der Waals surface area contributed by atoms with Gasteiger partial charge in [-0.2, -0.15) is 4.31 Å². The second-order valence-electron chi connectivity index (χ2n) is 5.34. The van der Waals surface area contributed by atoms with Crippen molar-refractivity contribution in [3.8, 4) is 5.75 Å². The first-order valence-corrected chi connectivity index (χ1v) is 9.32. The van der Waals surface area contributed by atoms with Gasteiger partial charge >= 0.3 is 0 Å². The zero-order valence-electron chi connectivity index (χ0n) is 14.7. The van der Waals surface area contributed by atoms with Gasteiger partial charge in [-0.05, 0) is 31.2 Å². The van der Waals surface area contributed by atoms with Gasteiger partial charge in [-0.15, -0.1) is 0 Å². The molecule has 1 aromatic carbocycles. The van der Waals surface area contributed by atoms with Crippen LogP contribution in [0.15, 0.2) is 39.8 Å². The van der Waals surface area contributed by atoms with E-state index in [0.29, 0.717) is 24.4 Å². The number of furan rings is 1. The van der Waals surface area contributed by atoms with Crippen LogP contribution < -0.4 is 10.1 Å². The molecule has 1 amide bonds. The van der Waals surface area contributed by atoms with E-state index in [1.807, 2.05) is 0 Å². The Balaban J connectivity index is 2.41. The standard InChI is InChI=1S/C17H22N2O5S/c1-5-19(6-2)25(21,22)13-7-8-15(23-4)14(11-13)18-17(20)16-12(3)9-10-24-16/h7-11H,5-6H2,1-4H3,(H,18,20). The molecule has 1 aromatic heterocycles. The summed E-state index contributed by atoms with van der Waals surface area (Å²) in [5.74, 6) is 0.0494. The van der Waals surface area contributed by atoms with Crippen LogP contribution in [0.3, 0.4) is 0 Å². The van der Waals surface area contributed by atoms with Crippen LogP contribution >= 0.6 is 0 Å². The Hall–Kier alpha value is -2.32. The van der Waals surface area contributed by atoms with Gasteiger partial charge in [0.05, 0.1) is 24.0 Å². The van der Waals surface area contributed by atoms with Crippen molar-refractivity contribution in [3.05, 3.63) is 41.9 Å². The maximum atomic E-state index is 12.7. The van der Waals surface area contributed by atoms with Crippen LogP contribution in [-0.2, 0) is 10.0 Å². The molecule has 1 heterocycles. The van der Waals surface area contributed by atoms with Gasteiger partial charge in [-0.1, -0.05) is 13.8 Å². The number of methoxy groups -OCH3 is 1. The molecule has 0 fully saturated rings. The molecule has 2 rings (SSSR count). The third kappa shape index (κ3) is 3.85. The van der Waals surface area contributed by atoms with E-state index in [0.717, 1.165) is 0 Å². The number of hydrogen-bond donors (Lipinski definition) is 1. The first-order valence-electron chi connectivity index (χ1n) is 7.88. The lowest BCUT2D eigenvalue weighted by molar-refractivity contribution is 0.0995. The van der Waals surface area contributed by atoms with Crippen molar-refractivity contribution in [2.24, 2.45) is 0 Å². The number of amides is 1. The minimum Gasteiger partial charge on any atom is -0.495 e. The highest BCUT2D eigenvalue weighted by Crippen LogP contribution is 2.29. The molecule has 136 valence electrons. The molecule has 0 atom stereocenters. The van der Waals surface area contributed by atoms with E-state index in [9.17, 15) is 13.2 Å². The molecule has 0 bridgehead atoms. The Morgan fingerprint density at radius 1 is 1.24 bits per heavy atom. The number of sulfonamides is 1. The topological polar surface area (TPSA) is 88.9 Å². The highest BCUT2D eigenvalue weighted by Gasteiger charge is 2.24. The summed E-state index contributed by atoms with van der Waals surface area (Å²) in [5, 5.41) is 2.65. The first kappa shape index (κ1) is 19.0. The Labute approximate surface area is 147 Å². The van der Waals surface area contributed by atoms with Gasteiger partial charge in [-0.3, -0.25) is 4.79 Å². The van der Waals surface area contributed by atoms with Gasteiger partial charge in [0, 0.05) is 18.7 Å². The normalized spacial score (nSPS) is 11.6. The lowest BCUT2D eigenvalue weighted by Crippen LogP contribution is -2.30. The van der Waals surface area contributed by atoms with Crippen LogP contribution in [-0.4, -0.2) is 38.8 Å². The molecule has 0 unspecified atom stereocenters. The highest BCUT2D eigenvalue weighted by atomic mass is 32.2. The zero-order valence-corrected chi connectivity index (χ0v) is 15.5. The predicted molar refractivity (Wildman–Crippen MR) is 94.5 cm³/mol. The van der Waals surface area contributed by atoms with Crippen LogP contribution in [0, 0.1) is 6.92 Å². The average molecular weight is 366 g/mol. The van der Waals surface area contributed by atoms with Crippen LogP contribution in [0.5, 0.6) is 5.75 Å². The summed E-state index contributed by atoms with van der Waals surface area (Å²) in [6, 6.07) is 6.04. The van der Waals surface area contributed by atoms with Crippen LogP contribution in [0.4, 0.5) is 5.69 Å². The van der Waals surface area contributed by atoms with Gasteiger partial charge in [0.1, 0.15) is 5.75 Å². The number of carbonyl (C=O) groups excluding carboxylic acids is 1. The fraction of sp³-hybridized carbons (Fsp3) is 0.353. The largest absolute Gasteiger partial charge is 0.495 e. The van der Waals surface area contributed by atoms with Crippen LogP contribution in [0.2, 0.25) is 0 Å². The molecular formula is C17H22N2O5S. The number of hydrogen-bond acceptors (Lipinski definition) is 5. The Bertz CT molecular complexity index is 854. The van der Waals surface area contributed by atoms with Gasteiger partial charge in [0.25, 0.3) is 5.91 Å². The van der Waals surface area contributed by atoms with E-state index in [2.05, 4.69) is 5.32 Å². The minimum atomic E-state index is -3.64. The third-order valence-corrected chi connectivity index (χ3v) is 5.88. The van der Waals surface area contributed by atoms with E-state index in [-0.39, 0.29) is 16.3 Å². The molecular weight excluding hydrogens is 344 g/mol. The summed E-state index contributed by atoms with van der Waals surface area (Å²) in [6.45, 7) is 6.01. The molecule has 0 aliphatic heterocycles. The Kier molecular flexibility index (Phi) is 5.86. The number of aryl methyl sites for hydroxylation is 1. The summed E-state index contributed by atoms with van der Waals surface area (Å²) in [7, 11) is -2.20. The highest BCUT2D eigenvalue weighted by molar-refractivity contribution is 7.89. The average Bonchev–Trinajstić information content (AvgIpc) is 3.01. The molecule has 0 spiro atoms. The van der Waals surface area contributed by atoms with E-state index >= 15 is 0 Å².